The van der Waals surface area contributed by atoms with Crippen LogP contribution in [0.4, 0.5) is 5.82 Å². The van der Waals surface area contributed by atoms with E-state index in [4.69, 9.17) is 4.42 Å². The number of aromatic nitrogens is 4. The van der Waals surface area contributed by atoms with Crippen LogP contribution in [0, 0.1) is 0 Å². The van der Waals surface area contributed by atoms with Crippen molar-refractivity contribution in [1.29, 1.82) is 0 Å². The molecule has 1 aliphatic rings. The van der Waals surface area contributed by atoms with Crippen molar-refractivity contribution in [3.05, 3.63) is 36.7 Å². The van der Waals surface area contributed by atoms with Gasteiger partial charge in [-0.1, -0.05) is 12.8 Å². The van der Waals surface area contributed by atoms with Gasteiger partial charge in [-0.3, -0.25) is 5.10 Å². The van der Waals surface area contributed by atoms with E-state index >= 15 is 0 Å². The molecule has 0 spiro atoms. The molecule has 0 aliphatic carbocycles. The zero-order valence-electron chi connectivity index (χ0n) is 13.4. The van der Waals surface area contributed by atoms with E-state index in [9.17, 15) is 5.11 Å². The van der Waals surface area contributed by atoms with Crippen LogP contribution in [0.2, 0.25) is 0 Å². The van der Waals surface area contributed by atoms with Crippen LogP contribution >= 0.6 is 0 Å². The molecule has 1 saturated heterocycles. The number of nitrogens with one attached hydrogen (secondary N) is 1. The van der Waals surface area contributed by atoms with E-state index in [1.807, 2.05) is 12.1 Å². The number of nitrogens with zero attached hydrogens (tertiary/aromatic N) is 4. The van der Waals surface area contributed by atoms with E-state index in [1.165, 1.54) is 6.42 Å². The Bertz CT molecular complexity index is 785. The number of aromatic amines is 1. The number of aliphatic hydroxyl groups excluding tert-OH is 1. The van der Waals surface area contributed by atoms with Crippen molar-refractivity contribution in [3.63, 3.8) is 0 Å². The van der Waals surface area contributed by atoms with Crippen molar-refractivity contribution >= 4 is 16.9 Å². The van der Waals surface area contributed by atoms with Crippen LogP contribution in [0.5, 0.6) is 0 Å². The van der Waals surface area contributed by atoms with Gasteiger partial charge in [-0.15, -0.1) is 0 Å². The molecular formula is C17H21N5O2. The van der Waals surface area contributed by atoms with Crippen molar-refractivity contribution in [2.75, 3.05) is 11.4 Å². The summed E-state index contributed by atoms with van der Waals surface area (Å²) < 4.78 is 5.36. The predicted octanol–water partition coefficient (Wildman–Crippen LogP) is 2.82. The summed E-state index contributed by atoms with van der Waals surface area (Å²) in [6.45, 7) is 0.923. The third kappa shape index (κ3) is 2.87. The zero-order valence-corrected chi connectivity index (χ0v) is 13.4. The van der Waals surface area contributed by atoms with Gasteiger partial charge in [0.15, 0.2) is 5.65 Å². The number of hydrogen-bond donors (Lipinski definition) is 2. The van der Waals surface area contributed by atoms with Gasteiger partial charge in [0.2, 0.25) is 0 Å². The molecule has 0 saturated carbocycles. The summed E-state index contributed by atoms with van der Waals surface area (Å²) >= 11 is 0. The van der Waals surface area contributed by atoms with E-state index in [-0.39, 0.29) is 6.04 Å². The van der Waals surface area contributed by atoms with Crippen LogP contribution in [0.15, 0.2) is 35.3 Å². The maximum Gasteiger partial charge on any atom is 0.160 e. The molecule has 2 N–H and O–H groups in total. The maximum absolute atomic E-state index is 10.5. The zero-order chi connectivity index (χ0) is 16.4. The normalized spacial score (nSPS) is 20.2. The Labute approximate surface area is 139 Å². The van der Waals surface area contributed by atoms with Gasteiger partial charge in [-0.2, -0.15) is 5.10 Å². The quantitative estimate of drug-likeness (QED) is 0.765. The minimum absolute atomic E-state index is 0.209. The Kier molecular flexibility index (Phi) is 4.17. The fourth-order valence-electron chi connectivity index (χ4n) is 3.54. The summed E-state index contributed by atoms with van der Waals surface area (Å²) in [5.41, 5.74) is 0.745. The third-order valence-corrected chi connectivity index (χ3v) is 4.74. The highest BCUT2D eigenvalue weighted by Gasteiger charge is 2.27. The highest BCUT2D eigenvalue weighted by atomic mass is 16.4. The molecule has 1 fully saturated rings. The Balaban J connectivity index is 1.64. The Morgan fingerprint density at radius 3 is 3.17 bits per heavy atom. The molecule has 24 heavy (non-hydrogen) atoms. The first-order valence-corrected chi connectivity index (χ1v) is 8.45. The molecular weight excluding hydrogens is 306 g/mol. The standard InChI is InChI=1S/C17H21N5O2/c23-14(15-6-4-8-24-15)9-12-5-2-1-3-7-22(12)17-13-10-20-21-16(13)18-11-19-17/h4,6,8,10-12,14,23H,1-3,5,7,9H2,(H,18,19,20,21). The summed E-state index contributed by atoms with van der Waals surface area (Å²) in [5, 5.41) is 18.4. The molecule has 0 bridgehead atoms. The molecule has 4 heterocycles. The first kappa shape index (κ1) is 15.1. The summed E-state index contributed by atoms with van der Waals surface area (Å²) in [6.07, 6.45) is 9.47. The first-order chi connectivity index (χ1) is 11.8. The molecule has 0 aromatic carbocycles. The third-order valence-electron chi connectivity index (χ3n) is 4.74. The van der Waals surface area contributed by atoms with Crippen molar-refractivity contribution in [2.45, 2.75) is 44.2 Å². The second-order valence-corrected chi connectivity index (χ2v) is 6.29. The molecule has 0 radical (unpaired) electrons. The molecule has 3 aromatic rings. The lowest BCUT2D eigenvalue weighted by molar-refractivity contribution is 0.129. The van der Waals surface area contributed by atoms with Crippen LogP contribution in [0.25, 0.3) is 11.0 Å². The van der Waals surface area contributed by atoms with Crippen LogP contribution in [-0.2, 0) is 0 Å². The highest BCUT2D eigenvalue weighted by Crippen LogP contribution is 2.32. The lowest BCUT2D eigenvalue weighted by Crippen LogP contribution is -2.36. The van der Waals surface area contributed by atoms with Crippen molar-refractivity contribution in [3.8, 4) is 0 Å². The lowest BCUT2D eigenvalue weighted by Gasteiger charge is -2.32. The predicted molar refractivity (Wildman–Crippen MR) is 89.6 cm³/mol. The number of H-pyrrole nitrogens is 1. The van der Waals surface area contributed by atoms with Gasteiger partial charge in [-0.25, -0.2) is 9.97 Å². The number of rotatable bonds is 4. The molecule has 3 aromatic heterocycles. The Hall–Kier alpha value is -2.41. The number of fused-ring (bicyclic) bond motifs is 1. The molecule has 2 atom stereocenters. The van der Waals surface area contributed by atoms with Gasteiger partial charge in [-0.05, 0) is 25.0 Å². The number of aliphatic hydroxyl groups is 1. The van der Waals surface area contributed by atoms with Crippen molar-refractivity contribution < 1.29 is 9.52 Å². The second kappa shape index (κ2) is 6.60. The minimum atomic E-state index is -0.604. The van der Waals surface area contributed by atoms with Gasteiger partial charge in [0.1, 0.15) is 24.0 Å². The Morgan fingerprint density at radius 1 is 1.33 bits per heavy atom. The van der Waals surface area contributed by atoms with Crippen molar-refractivity contribution in [1.82, 2.24) is 20.2 Å². The number of anilines is 1. The Morgan fingerprint density at radius 2 is 2.29 bits per heavy atom. The van der Waals surface area contributed by atoms with Crippen LogP contribution in [-0.4, -0.2) is 37.9 Å². The second-order valence-electron chi connectivity index (χ2n) is 6.29. The number of hydrogen-bond acceptors (Lipinski definition) is 6. The summed E-state index contributed by atoms with van der Waals surface area (Å²) in [6, 6.07) is 3.84. The van der Waals surface area contributed by atoms with E-state index in [1.54, 1.807) is 18.8 Å². The average Bonchev–Trinajstić information content (AvgIpc) is 3.24. The van der Waals surface area contributed by atoms with Crippen molar-refractivity contribution in [2.24, 2.45) is 0 Å². The monoisotopic (exact) mass is 327 g/mol. The van der Waals surface area contributed by atoms with Gasteiger partial charge < -0.3 is 14.4 Å². The van der Waals surface area contributed by atoms with Crippen LogP contribution in [0.3, 0.4) is 0 Å². The largest absolute Gasteiger partial charge is 0.467 e. The topological polar surface area (TPSA) is 91.1 Å². The molecule has 1 aliphatic heterocycles. The van der Waals surface area contributed by atoms with Crippen LogP contribution < -0.4 is 4.90 Å². The smallest absolute Gasteiger partial charge is 0.160 e. The molecule has 7 nitrogen and oxygen atoms in total. The van der Waals surface area contributed by atoms with E-state index in [0.717, 1.165) is 42.7 Å². The fourth-order valence-corrected chi connectivity index (χ4v) is 3.54. The summed E-state index contributed by atoms with van der Waals surface area (Å²) in [4.78, 5) is 11.0. The van der Waals surface area contributed by atoms with Gasteiger partial charge in [0.25, 0.3) is 0 Å². The summed E-state index contributed by atoms with van der Waals surface area (Å²) in [7, 11) is 0. The van der Waals surface area contributed by atoms with E-state index in [0.29, 0.717) is 12.2 Å². The molecule has 0 amide bonds. The fraction of sp³-hybridized carbons (Fsp3) is 0.471. The van der Waals surface area contributed by atoms with Crippen LogP contribution in [0.1, 0.15) is 44.0 Å². The van der Waals surface area contributed by atoms with Gasteiger partial charge >= 0.3 is 0 Å². The maximum atomic E-state index is 10.5. The summed E-state index contributed by atoms with van der Waals surface area (Å²) in [5.74, 6) is 1.52. The first-order valence-electron chi connectivity index (χ1n) is 8.45. The van der Waals surface area contributed by atoms with E-state index in [2.05, 4.69) is 25.1 Å². The molecule has 7 heteroatoms. The van der Waals surface area contributed by atoms with E-state index < -0.39 is 6.10 Å². The van der Waals surface area contributed by atoms with Gasteiger partial charge in [0.05, 0.1) is 17.8 Å². The number of furan rings is 1. The SMILES string of the molecule is OC(CC1CCCCCN1c1ncnc2[nH]ncc12)c1ccco1. The van der Waals surface area contributed by atoms with Gasteiger partial charge in [0, 0.05) is 19.0 Å². The molecule has 4 rings (SSSR count). The minimum Gasteiger partial charge on any atom is -0.467 e. The highest BCUT2D eigenvalue weighted by molar-refractivity contribution is 5.86. The molecule has 2 unspecified atom stereocenters. The lowest BCUT2D eigenvalue weighted by atomic mass is 10.0. The average molecular weight is 327 g/mol. The molecule has 126 valence electrons.